The molecule has 0 aromatic carbocycles. The number of β-lactam (4-membered cyclic amide) rings is 1. The quantitative estimate of drug-likeness (QED) is 0.766. The normalized spacial score (nSPS) is 23.4. The van der Waals surface area contributed by atoms with Crippen molar-refractivity contribution in [1.29, 1.82) is 0 Å². The van der Waals surface area contributed by atoms with E-state index in [4.69, 9.17) is 5.73 Å². The first kappa shape index (κ1) is 9.68. The Balaban J connectivity index is 2.12. The molecule has 1 aliphatic rings. The minimum Gasteiger partial charge on any atom is -0.331 e. The van der Waals surface area contributed by atoms with Crippen molar-refractivity contribution in [1.82, 2.24) is 4.90 Å². The van der Waals surface area contributed by atoms with Gasteiger partial charge in [-0.3, -0.25) is 4.79 Å². The highest BCUT2D eigenvalue weighted by atomic mass is 32.1. The topological polar surface area (TPSA) is 46.3 Å². The van der Waals surface area contributed by atoms with Crippen LogP contribution < -0.4 is 5.73 Å². The summed E-state index contributed by atoms with van der Waals surface area (Å²) in [6.07, 6.45) is 0.957. The third-order valence-electron chi connectivity index (χ3n) is 2.63. The first-order valence-corrected chi connectivity index (χ1v) is 5.71. The van der Waals surface area contributed by atoms with Gasteiger partial charge in [0.25, 0.3) is 0 Å². The van der Waals surface area contributed by atoms with Gasteiger partial charge >= 0.3 is 0 Å². The number of amides is 1. The molecular formula is C10H14N2OS. The fraction of sp³-hybridized carbons (Fsp3) is 0.500. The first-order valence-electron chi connectivity index (χ1n) is 4.83. The molecule has 2 atom stereocenters. The molecule has 0 saturated carbocycles. The van der Waals surface area contributed by atoms with Crippen molar-refractivity contribution < 1.29 is 4.79 Å². The molecule has 76 valence electrons. The number of carbonyl (C=O) groups is 1. The van der Waals surface area contributed by atoms with Crippen molar-refractivity contribution in [3.05, 3.63) is 22.4 Å². The minimum absolute atomic E-state index is 0.0882. The number of likely N-dealkylation sites (tertiary alicyclic amines) is 1. The Morgan fingerprint density at radius 1 is 1.79 bits per heavy atom. The van der Waals surface area contributed by atoms with Crippen LogP contribution in [-0.4, -0.2) is 23.4 Å². The van der Waals surface area contributed by atoms with Gasteiger partial charge in [-0.05, 0) is 17.9 Å². The van der Waals surface area contributed by atoms with Crippen LogP contribution in [-0.2, 0) is 4.79 Å². The summed E-state index contributed by atoms with van der Waals surface area (Å²) < 4.78 is 0. The highest BCUT2D eigenvalue weighted by molar-refractivity contribution is 7.10. The minimum atomic E-state index is -0.260. The van der Waals surface area contributed by atoms with Crippen LogP contribution >= 0.6 is 11.3 Å². The largest absolute Gasteiger partial charge is 0.331 e. The number of nitrogens with zero attached hydrogens (tertiary/aromatic N) is 1. The second kappa shape index (κ2) is 3.71. The second-order valence-corrected chi connectivity index (χ2v) is 4.52. The molecule has 2 heterocycles. The van der Waals surface area contributed by atoms with Gasteiger partial charge in [0, 0.05) is 11.4 Å². The molecule has 1 aromatic rings. The Labute approximate surface area is 87.5 Å². The van der Waals surface area contributed by atoms with Crippen LogP contribution in [0.25, 0.3) is 0 Å². The van der Waals surface area contributed by atoms with Crippen LogP contribution in [0.2, 0.25) is 0 Å². The molecule has 2 unspecified atom stereocenters. The van der Waals surface area contributed by atoms with Crippen LogP contribution in [0, 0.1) is 0 Å². The standard InChI is InChI=1S/C10H14N2OS/c1-2-8(9-4-3-5-14-9)12-6-7(11)10(12)13/h3-5,7-8H,2,6,11H2,1H3. The van der Waals surface area contributed by atoms with E-state index < -0.39 is 0 Å². The summed E-state index contributed by atoms with van der Waals surface area (Å²) in [5, 5.41) is 2.04. The smallest absolute Gasteiger partial charge is 0.241 e. The fourth-order valence-electron chi connectivity index (χ4n) is 1.82. The number of thiophene rings is 1. The summed E-state index contributed by atoms with van der Waals surface area (Å²) in [6, 6.07) is 4.08. The van der Waals surface area contributed by atoms with E-state index in [-0.39, 0.29) is 18.0 Å². The number of carbonyl (C=O) groups excluding carboxylic acids is 1. The van der Waals surface area contributed by atoms with Crippen molar-refractivity contribution >= 4 is 17.2 Å². The number of hydrogen-bond donors (Lipinski definition) is 1. The Morgan fingerprint density at radius 3 is 3.00 bits per heavy atom. The van der Waals surface area contributed by atoms with Crippen LogP contribution in [0.1, 0.15) is 24.3 Å². The lowest BCUT2D eigenvalue weighted by atomic mass is 10.0. The maximum absolute atomic E-state index is 11.5. The van der Waals surface area contributed by atoms with Crippen molar-refractivity contribution in [3.63, 3.8) is 0 Å². The van der Waals surface area contributed by atoms with Crippen LogP contribution in [0.15, 0.2) is 17.5 Å². The molecule has 0 aliphatic carbocycles. The summed E-state index contributed by atoms with van der Waals surface area (Å²) in [7, 11) is 0. The third-order valence-corrected chi connectivity index (χ3v) is 3.60. The molecule has 14 heavy (non-hydrogen) atoms. The predicted molar refractivity (Wildman–Crippen MR) is 57.0 cm³/mol. The van der Waals surface area contributed by atoms with E-state index in [2.05, 4.69) is 13.0 Å². The van der Waals surface area contributed by atoms with Crippen molar-refractivity contribution in [2.24, 2.45) is 5.73 Å². The van der Waals surface area contributed by atoms with Gasteiger partial charge in [0.2, 0.25) is 5.91 Å². The van der Waals surface area contributed by atoms with E-state index in [1.807, 2.05) is 16.3 Å². The molecule has 2 rings (SSSR count). The Bertz CT molecular complexity index is 323. The lowest BCUT2D eigenvalue weighted by Crippen LogP contribution is -2.61. The van der Waals surface area contributed by atoms with Gasteiger partial charge < -0.3 is 10.6 Å². The molecule has 0 bridgehead atoms. The summed E-state index contributed by atoms with van der Waals surface area (Å²) >= 11 is 1.70. The van der Waals surface area contributed by atoms with E-state index in [0.717, 1.165) is 6.42 Å². The molecule has 1 fully saturated rings. The molecule has 2 N–H and O–H groups in total. The Kier molecular flexibility index (Phi) is 2.56. The van der Waals surface area contributed by atoms with Crippen molar-refractivity contribution in [2.45, 2.75) is 25.4 Å². The number of hydrogen-bond acceptors (Lipinski definition) is 3. The van der Waals surface area contributed by atoms with Crippen molar-refractivity contribution in [3.8, 4) is 0 Å². The summed E-state index contributed by atoms with van der Waals surface area (Å²) in [5.41, 5.74) is 5.57. The van der Waals surface area contributed by atoms with Crippen LogP contribution in [0.5, 0.6) is 0 Å². The van der Waals surface area contributed by atoms with Gasteiger partial charge in [-0.2, -0.15) is 0 Å². The number of nitrogens with two attached hydrogens (primary N) is 1. The maximum atomic E-state index is 11.5. The molecule has 3 nitrogen and oxygen atoms in total. The second-order valence-electron chi connectivity index (χ2n) is 3.54. The molecule has 0 spiro atoms. The van der Waals surface area contributed by atoms with Gasteiger partial charge in [0.1, 0.15) is 6.04 Å². The van der Waals surface area contributed by atoms with E-state index in [1.54, 1.807) is 11.3 Å². The highest BCUT2D eigenvalue weighted by Gasteiger charge is 2.38. The maximum Gasteiger partial charge on any atom is 0.241 e. The van der Waals surface area contributed by atoms with Crippen LogP contribution in [0.3, 0.4) is 0 Å². The zero-order valence-corrected chi connectivity index (χ0v) is 8.96. The molecule has 1 aromatic heterocycles. The molecule has 1 amide bonds. The monoisotopic (exact) mass is 210 g/mol. The first-order chi connectivity index (χ1) is 6.74. The average Bonchev–Trinajstić information content (AvgIpc) is 2.71. The number of rotatable bonds is 3. The highest BCUT2D eigenvalue weighted by Crippen LogP contribution is 2.31. The SMILES string of the molecule is CCC(c1cccs1)N1CC(N)C1=O. The fourth-order valence-corrected chi connectivity index (χ4v) is 2.74. The molecule has 1 saturated heterocycles. The van der Waals surface area contributed by atoms with E-state index in [0.29, 0.717) is 6.54 Å². The molecule has 0 radical (unpaired) electrons. The molecule has 1 aliphatic heterocycles. The van der Waals surface area contributed by atoms with Crippen LogP contribution in [0.4, 0.5) is 0 Å². The molecule has 4 heteroatoms. The Hall–Kier alpha value is -0.870. The van der Waals surface area contributed by atoms with Gasteiger partial charge in [0.15, 0.2) is 0 Å². The van der Waals surface area contributed by atoms with E-state index in [1.165, 1.54) is 4.88 Å². The van der Waals surface area contributed by atoms with E-state index in [9.17, 15) is 4.79 Å². The predicted octanol–water partition coefficient (Wildman–Crippen LogP) is 1.37. The van der Waals surface area contributed by atoms with Crippen molar-refractivity contribution in [2.75, 3.05) is 6.54 Å². The van der Waals surface area contributed by atoms with E-state index >= 15 is 0 Å². The summed E-state index contributed by atoms with van der Waals surface area (Å²) in [5.74, 6) is 0.0882. The van der Waals surface area contributed by atoms with Gasteiger partial charge in [-0.15, -0.1) is 11.3 Å². The third kappa shape index (κ3) is 1.44. The average molecular weight is 210 g/mol. The Morgan fingerprint density at radius 2 is 2.57 bits per heavy atom. The molecular weight excluding hydrogens is 196 g/mol. The van der Waals surface area contributed by atoms with Gasteiger partial charge in [-0.1, -0.05) is 13.0 Å². The summed E-state index contributed by atoms with van der Waals surface area (Å²) in [4.78, 5) is 14.6. The van der Waals surface area contributed by atoms with Gasteiger partial charge in [0.05, 0.1) is 6.04 Å². The van der Waals surface area contributed by atoms with Gasteiger partial charge in [-0.25, -0.2) is 0 Å². The lowest BCUT2D eigenvalue weighted by Gasteiger charge is -2.41. The zero-order valence-electron chi connectivity index (χ0n) is 8.14. The lowest BCUT2D eigenvalue weighted by molar-refractivity contribution is -0.145. The summed E-state index contributed by atoms with van der Waals surface area (Å²) in [6.45, 7) is 2.80. The zero-order chi connectivity index (χ0) is 10.1.